The van der Waals surface area contributed by atoms with E-state index >= 15 is 0 Å². The number of benzene rings is 1. The minimum Gasteiger partial charge on any atom is -0.508 e. The Balaban J connectivity index is 2.88. The number of phenolic OH excluding ortho intramolecular Hbond substituents is 1. The molecule has 0 fully saturated rings. The van der Waals surface area contributed by atoms with E-state index in [9.17, 15) is 24.9 Å². The van der Waals surface area contributed by atoms with Crippen LogP contribution in [0.2, 0.25) is 0 Å². The highest BCUT2D eigenvalue weighted by molar-refractivity contribution is 5.87. The highest BCUT2D eigenvalue weighted by Gasteiger charge is 2.33. The number of rotatable bonds is 9. The molecule has 1 aromatic carbocycles. The first-order valence-corrected chi connectivity index (χ1v) is 8.80. The fourth-order valence-corrected chi connectivity index (χ4v) is 2.15. The Bertz CT molecular complexity index is 696. The minimum absolute atomic E-state index is 0.00735. The number of hydrogen-bond acceptors (Lipinski definition) is 7. The van der Waals surface area contributed by atoms with Crippen molar-refractivity contribution in [2.45, 2.75) is 46.3 Å². The van der Waals surface area contributed by atoms with Gasteiger partial charge in [0.2, 0.25) is 0 Å². The van der Waals surface area contributed by atoms with Gasteiger partial charge in [-0.05, 0) is 31.9 Å². The first-order valence-electron chi connectivity index (χ1n) is 8.80. The van der Waals surface area contributed by atoms with Crippen LogP contribution < -0.4 is 0 Å². The summed E-state index contributed by atoms with van der Waals surface area (Å²) in [7, 11) is 0. The molecule has 0 aliphatic carbocycles. The molecular weight excluding hydrogens is 352 g/mol. The van der Waals surface area contributed by atoms with E-state index < -0.39 is 24.8 Å². The van der Waals surface area contributed by atoms with Crippen LogP contribution in [0, 0.1) is 5.92 Å². The summed E-state index contributed by atoms with van der Waals surface area (Å²) >= 11 is 0. The van der Waals surface area contributed by atoms with Crippen molar-refractivity contribution < 1.29 is 34.4 Å². The average molecular weight is 380 g/mol. The maximum absolute atomic E-state index is 11.7. The van der Waals surface area contributed by atoms with Gasteiger partial charge in [-0.3, -0.25) is 4.79 Å². The van der Waals surface area contributed by atoms with Crippen molar-refractivity contribution in [2.24, 2.45) is 5.92 Å². The van der Waals surface area contributed by atoms with Gasteiger partial charge in [-0.25, -0.2) is 4.79 Å². The molecule has 0 saturated heterocycles. The van der Waals surface area contributed by atoms with Crippen LogP contribution >= 0.6 is 0 Å². The average Bonchev–Trinajstić information content (AvgIpc) is 2.68. The number of carbonyl (C=O) groups excluding carboxylic acids is 2. The first-order chi connectivity index (χ1) is 12.7. The number of esters is 2. The third-order valence-corrected chi connectivity index (χ3v) is 4.42. The molecule has 0 heterocycles. The summed E-state index contributed by atoms with van der Waals surface area (Å²) in [5.74, 6) is -1.48. The van der Waals surface area contributed by atoms with Crippen LogP contribution in [-0.2, 0) is 31.3 Å². The summed E-state index contributed by atoms with van der Waals surface area (Å²) < 4.78 is 10.2. The molecule has 0 aliphatic heterocycles. The van der Waals surface area contributed by atoms with Gasteiger partial charge >= 0.3 is 11.9 Å². The number of aliphatic hydroxyl groups is 2. The van der Waals surface area contributed by atoms with Crippen molar-refractivity contribution in [1.29, 1.82) is 0 Å². The third-order valence-electron chi connectivity index (χ3n) is 4.42. The van der Waals surface area contributed by atoms with Gasteiger partial charge in [-0.1, -0.05) is 32.1 Å². The molecule has 0 amide bonds. The Labute approximate surface area is 159 Å². The van der Waals surface area contributed by atoms with Gasteiger partial charge in [0.25, 0.3) is 0 Å². The van der Waals surface area contributed by atoms with Crippen LogP contribution in [0.5, 0.6) is 5.75 Å². The minimum atomic E-state index is -1.96. The lowest BCUT2D eigenvalue weighted by molar-refractivity contribution is -0.150. The standard InChI is InChI=1S/C20H28O7/c1-5-13(3)18(23)26-10-15-7-8-16(17(22)9-15)20(25,11-21)12-27-19(24)14(4)6-2/h6-9,13,21-22,25H,5,10-12H2,1-4H3. The van der Waals surface area contributed by atoms with Crippen LogP contribution in [0.15, 0.2) is 29.8 Å². The summed E-state index contributed by atoms with van der Waals surface area (Å²) in [6.45, 7) is 5.58. The summed E-state index contributed by atoms with van der Waals surface area (Å²) in [5.41, 5.74) is -1.07. The lowest BCUT2D eigenvalue weighted by Crippen LogP contribution is -2.37. The second-order valence-corrected chi connectivity index (χ2v) is 6.51. The van der Waals surface area contributed by atoms with Crippen LogP contribution in [0.4, 0.5) is 0 Å². The topological polar surface area (TPSA) is 113 Å². The molecule has 7 heteroatoms. The Morgan fingerprint density at radius 1 is 1.30 bits per heavy atom. The van der Waals surface area contributed by atoms with Crippen LogP contribution in [0.1, 0.15) is 45.2 Å². The molecule has 27 heavy (non-hydrogen) atoms. The highest BCUT2D eigenvalue weighted by Crippen LogP contribution is 2.31. The summed E-state index contributed by atoms with van der Waals surface area (Å²) in [4.78, 5) is 23.5. The van der Waals surface area contributed by atoms with Crippen LogP contribution in [0.3, 0.4) is 0 Å². The van der Waals surface area contributed by atoms with E-state index in [4.69, 9.17) is 9.47 Å². The van der Waals surface area contributed by atoms with E-state index in [1.807, 2.05) is 6.92 Å². The molecule has 1 rings (SSSR count). The molecule has 0 bridgehead atoms. The predicted octanol–water partition coefficient (Wildman–Crippen LogP) is 2.17. The number of carbonyl (C=O) groups is 2. The smallest absolute Gasteiger partial charge is 0.333 e. The number of allylic oxidation sites excluding steroid dienone is 1. The van der Waals surface area contributed by atoms with Crippen molar-refractivity contribution in [3.63, 3.8) is 0 Å². The van der Waals surface area contributed by atoms with E-state index in [2.05, 4.69) is 0 Å². The largest absolute Gasteiger partial charge is 0.508 e. The maximum Gasteiger partial charge on any atom is 0.333 e. The van der Waals surface area contributed by atoms with Gasteiger partial charge in [0.05, 0.1) is 12.5 Å². The monoisotopic (exact) mass is 380 g/mol. The second-order valence-electron chi connectivity index (χ2n) is 6.51. The van der Waals surface area contributed by atoms with Gasteiger partial charge in [0, 0.05) is 11.1 Å². The Hall–Kier alpha value is -2.38. The van der Waals surface area contributed by atoms with Gasteiger partial charge in [-0.15, -0.1) is 0 Å². The Morgan fingerprint density at radius 3 is 2.48 bits per heavy atom. The van der Waals surface area contributed by atoms with E-state index in [1.165, 1.54) is 12.1 Å². The normalized spacial score (nSPS) is 15.0. The van der Waals surface area contributed by atoms with E-state index in [0.717, 1.165) is 0 Å². The van der Waals surface area contributed by atoms with Crippen molar-refractivity contribution in [3.05, 3.63) is 41.0 Å². The van der Waals surface area contributed by atoms with Crippen molar-refractivity contribution in [1.82, 2.24) is 0 Å². The highest BCUT2D eigenvalue weighted by atomic mass is 16.5. The second kappa shape index (κ2) is 10.1. The number of hydrogen-bond donors (Lipinski definition) is 3. The van der Waals surface area contributed by atoms with Crippen molar-refractivity contribution >= 4 is 11.9 Å². The molecule has 0 radical (unpaired) electrons. The molecule has 0 saturated carbocycles. The Morgan fingerprint density at radius 2 is 1.96 bits per heavy atom. The molecule has 2 unspecified atom stereocenters. The van der Waals surface area contributed by atoms with E-state index in [0.29, 0.717) is 17.6 Å². The van der Waals surface area contributed by atoms with Gasteiger partial charge in [0.1, 0.15) is 24.6 Å². The fraction of sp³-hybridized carbons (Fsp3) is 0.500. The predicted molar refractivity (Wildman–Crippen MR) is 98.7 cm³/mol. The number of aromatic hydroxyl groups is 1. The van der Waals surface area contributed by atoms with Crippen molar-refractivity contribution in [3.8, 4) is 5.75 Å². The van der Waals surface area contributed by atoms with Gasteiger partial charge in [-0.2, -0.15) is 0 Å². The molecule has 3 N–H and O–H groups in total. The fourth-order valence-electron chi connectivity index (χ4n) is 2.15. The number of aliphatic hydroxyl groups excluding tert-OH is 1. The molecular formula is C20H28O7. The molecule has 150 valence electrons. The molecule has 2 atom stereocenters. The Kier molecular flexibility index (Phi) is 8.46. The van der Waals surface area contributed by atoms with Gasteiger partial charge < -0.3 is 24.8 Å². The first kappa shape index (κ1) is 22.7. The van der Waals surface area contributed by atoms with E-state index in [-0.39, 0.29) is 29.8 Å². The zero-order valence-corrected chi connectivity index (χ0v) is 16.2. The molecule has 0 aromatic heterocycles. The lowest BCUT2D eigenvalue weighted by Gasteiger charge is -2.27. The maximum atomic E-state index is 11.7. The molecule has 0 spiro atoms. The molecule has 7 nitrogen and oxygen atoms in total. The zero-order chi connectivity index (χ0) is 20.6. The number of phenols is 1. The zero-order valence-electron chi connectivity index (χ0n) is 16.2. The summed E-state index contributed by atoms with van der Waals surface area (Å²) in [6, 6.07) is 4.28. The van der Waals surface area contributed by atoms with Gasteiger partial charge in [0.15, 0.2) is 0 Å². The lowest BCUT2D eigenvalue weighted by atomic mass is 9.93. The third kappa shape index (κ3) is 6.08. The summed E-state index contributed by atoms with van der Waals surface area (Å²) in [5, 5.41) is 30.4. The van der Waals surface area contributed by atoms with Crippen molar-refractivity contribution in [2.75, 3.05) is 13.2 Å². The van der Waals surface area contributed by atoms with E-state index in [1.54, 1.807) is 32.9 Å². The summed E-state index contributed by atoms with van der Waals surface area (Å²) in [6.07, 6.45) is 2.23. The number of ether oxygens (including phenoxy) is 2. The van der Waals surface area contributed by atoms with Crippen LogP contribution in [0.25, 0.3) is 0 Å². The van der Waals surface area contributed by atoms with Crippen LogP contribution in [-0.4, -0.2) is 40.5 Å². The molecule has 1 aromatic rings. The quantitative estimate of drug-likeness (QED) is 0.444. The molecule has 0 aliphatic rings. The SMILES string of the molecule is CC=C(C)C(=O)OCC(O)(CO)c1ccc(COC(=O)C(C)CC)cc1O.